The minimum Gasteiger partial charge on any atom is -0.378 e. The molecule has 0 aromatic carbocycles. The van der Waals surface area contributed by atoms with Gasteiger partial charge in [0.15, 0.2) is 0 Å². The van der Waals surface area contributed by atoms with Gasteiger partial charge >= 0.3 is 0 Å². The van der Waals surface area contributed by atoms with Crippen LogP contribution in [0.25, 0.3) is 0 Å². The third-order valence-electron chi connectivity index (χ3n) is 3.80. The second kappa shape index (κ2) is 6.78. The summed E-state index contributed by atoms with van der Waals surface area (Å²) in [4.78, 5) is 22.8. The van der Waals surface area contributed by atoms with Gasteiger partial charge in [-0.2, -0.15) is 0 Å². The van der Waals surface area contributed by atoms with Crippen LogP contribution in [-0.2, 0) is 4.74 Å². The Kier molecular flexibility index (Phi) is 4.57. The summed E-state index contributed by atoms with van der Waals surface area (Å²) in [6, 6.07) is 4.04. The molecule has 2 aromatic rings. The number of carbonyl (C=O) groups excluding carboxylic acids is 1. The first-order chi connectivity index (χ1) is 11.1. The molecule has 2 aromatic heterocycles. The lowest BCUT2D eigenvalue weighted by Crippen LogP contribution is -2.36. The number of hydrogen-bond acceptors (Lipinski definition) is 5. The highest BCUT2D eigenvalue weighted by atomic mass is 16.5. The third-order valence-corrected chi connectivity index (χ3v) is 3.80. The van der Waals surface area contributed by atoms with Gasteiger partial charge in [-0.3, -0.25) is 4.79 Å². The highest BCUT2D eigenvalue weighted by Gasteiger charge is 2.13. The molecule has 122 valence electrons. The number of anilines is 2. The van der Waals surface area contributed by atoms with Gasteiger partial charge in [0, 0.05) is 25.3 Å². The first kappa shape index (κ1) is 15.5. The van der Waals surface area contributed by atoms with Crippen molar-refractivity contribution < 1.29 is 9.53 Å². The number of ether oxygens (including phenoxy) is 1. The molecule has 7 nitrogen and oxygen atoms in total. The van der Waals surface area contributed by atoms with Crippen LogP contribution in [0.4, 0.5) is 11.5 Å². The van der Waals surface area contributed by atoms with Crippen LogP contribution in [0.2, 0.25) is 0 Å². The molecule has 0 saturated carbocycles. The lowest BCUT2D eigenvalue weighted by molar-refractivity contribution is 0.102. The number of rotatable bonds is 4. The average molecular weight is 315 g/mol. The first-order valence-electron chi connectivity index (χ1n) is 7.77. The summed E-state index contributed by atoms with van der Waals surface area (Å²) in [7, 11) is 0. The summed E-state index contributed by atoms with van der Waals surface area (Å²) < 4.78 is 7.23. The molecular weight excluding hydrogens is 294 g/mol. The highest BCUT2D eigenvalue weighted by molar-refractivity contribution is 6.02. The molecular formula is C16H21N5O2. The second-order valence-electron chi connectivity index (χ2n) is 5.76. The fourth-order valence-corrected chi connectivity index (χ4v) is 2.39. The molecule has 1 fully saturated rings. The largest absolute Gasteiger partial charge is 0.378 e. The van der Waals surface area contributed by atoms with E-state index in [1.54, 1.807) is 18.7 Å². The highest BCUT2D eigenvalue weighted by Crippen LogP contribution is 2.17. The Morgan fingerprint density at radius 1 is 1.26 bits per heavy atom. The second-order valence-corrected chi connectivity index (χ2v) is 5.76. The normalized spacial score (nSPS) is 15.0. The smallest absolute Gasteiger partial charge is 0.276 e. The molecule has 0 radical (unpaired) electrons. The summed E-state index contributed by atoms with van der Waals surface area (Å²) in [5, 5.41) is 2.77. The SMILES string of the molecule is CC(C)n1cnc(C(=O)Nc2ccc(N3CCOCC3)cn2)c1. The molecule has 1 N–H and O–H groups in total. The van der Waals surface area contributed by atoms with Crippen LogP contribution >= 0.6 is 0 Å². The monoisotopic (exact) mass is 315 g/mol. The van der Waals surface area contributed by atoms with E-state index in [2.05, 4.69) is 20.2 Å². The standard InChI is InChI=1S/C16H21N5O2/c1-12(2)21-10-14(18-11-21)16(22)19-15-4-3-13(9-17-15)20-5-7-23-8-6-20/h3-4,9-12H,5-8H2,1-2H3,(H,17,19,22). The van der Waals surface area contributed by atoms with Crippen molar-refractivity contribution in [3.8, 4) is 0 Å². The van der Waals surface area contributed by atoms with Crippen LogP contribution in [-0.4, -0.2) is 46.7 Å². The van der Waals surface area contributed by atoms with Crippen molar-refractivity contribution in [1.82, 2.24) is 14.5 Å². The summed E-state index contributed by atoms with van der Waals surface area (Å²) in [5.41, 5.74) is 1.42. The minimum absolute atomic E-state index is 0.254. The lowest BCUT2D eigenvalue weighted by Gasteiger charge is -2.28. The Morgan fingerprint density at radius 2 is 2.04 bits per heavy atom. The fourth-order valence-electron chi connectivity index (χ4n) is 2.39. The van der Waals surface area contributed by atoms with E-state index < -0.39 is 0 Å². The van der Waals surface area contributed by atoms with Gasteiger partial charge in [0.2, 0.25) is 0 Å². The zero-order valence-electron chi connectivity index (χ0n) is 13.4. The molecule has 1 aliphatic rings. The molecule has 1 saturated heterocycles. The van der Waals surface area contributed by atoms with Crippen LogP contribution in [0.3, 0.4) is 0 Å². The topological polar surface area (TPSA) is 72.3 Å². The van der Waals surface area contributed by atoms with Crippen molar-refractivity contribution in [1.29, 1.82) is 0 Å². The van der Waals surface area contributed by atoms with E-state index in [0.717, 1.165) is 32.0 Å². The fraction of sp³-hybridized carbons (Fsp3) is 0.438. The lowest BCUT2D eigenvalue weighted by atomic mass is 10.3. The van der Waals surface area contributed by atoms with Crippen LogP contribution < -0.4 is 10.2 Å². The van der Waals surface area contributed by atoms with E-state index in [1.807, 2.05) is 30.5 Å². The van der Waals surface area contributed by atoms with Crippen LogP contribution in [0.1, 0.15) is 30.4 Å². The van der Waals surface area contributed by atoms with Gasteiger partial charge in [-0.15, -0.1) is 0 Å². The molecule has 0 bridgehead atoms. The van der Waals surface area contributed by atoms with E-state index in [-0.39, 0.29) is 11.9 Å². The van der Waals surface area contributed by atoms with Crippen molar-refractivity contribution in [2.24, 2.45) is 0 Å². The molecule has 1 amide bonds. The number of pyridine rings is 1. The molecule has 0 spiro atoms. The van der Waals surface area contributed by atoms with E-state index in [1.165, 1.54) is 0 Å². The van der Waals surface area contributed by atoms with E-state index in [0.29, 0.717) is 11.5 Å². The van der Waals surface area contributed by atoms with Crippen molar-refractivity contribution in [3.63, 3.8) is 0 Å². The van der Waals surface area contributed by atoms with Gasteiger partial charge in [0.05, 0.1) is 31.4 Å². The van der Waals surface area contributed by atoms with E-state index in [4.69, 9.17) is 4.74 Å². The summed E-state index contributed by atoms with van der Waals surface area (Å²) in [6.45, 7) is 7.26. The van der Waals surface area contributed by atoms with Gasteiger partial charge in [0.1, 0.15) is 11.5 Å². The Morgan fingerprint density at radius 3 is 2.65 bits per heavy atom. The number of amides is 1. The Bertz CT molecular complexity index is 659. The zero-order valence-corrected chi connectivity index (χ0v) is 13.4. The molecule has 0 unspecified atom stereocenters. The maximum Gasteiger partial charge on any atom is 0.276 e. The number of carbonyl (C=O) groups is 1. The molecule has 7 heteroatoms. The van der Waals surface area contributed by atoms with Crippen LogP contribution in [0.15, 0.2) is 30.9 Å². The molecule has 1 aliphatic heterocycles. The van der Waals surface area contributed by atoms with Crippen molar-refractivity contribution in [2.75, 3.05) is 36.5 Å². The first-order valence-corrected chi connectivity index (χ1v) is 7.77. The molecule has 23 heavy (non-hydrogen) atoms. The quantitative estimate of drug-likeness (QED) is 0.933. The van der Waals surface area contributed by atoms with Crippen molar-refractivity contribution in [2.45, 2.75) is 19.9 Å². The Hall–Kier alpha value is -2.41. The zero-order chi connectivity index (χ0) is 16.2. The molecule has 0 atom stereocenters. The predicted octanol–water partition coefficient (Wildman–Crippen LogP) is 1.95. The number of hydrogen-bond donors (Lipinski definition) is 1. The van der Waals surface area contributed by atoms with Gasteiger partial charge in [-0.25, -0.2) is 9.97 Å². The Labute approximate surface area is 135 Å². The van der Waals surface area contributed by atoms with Crippen molar-refractivity contribution in [3.05, 3.63) is 36.5 Å². The van der Waals surface area contributed by atoms with Gasteiger partial charge in [-0.1, -0.05) is 0 Å². The maximum absolute atomic E-state index is 12.2. The molecule has 3 heterocycles. The molecule has 0 aliphatic carbocycles. The summed E-state index contributed by atoms with van der Waals surface area (Å²) in [6.07, 6.45) is 5.17. The number of nitrogens with zero attached hydrogens (tertiary/aromatic N) is 4. The van der Waals surface area contributed by atoms with Gasteiger partial charge < -0.3 is 19.5 Å². The predicted molar refractivity (Wildman–Crippen MR) is 87.8 cm³/mol. The van der Waals surface area contributed by atoms with Gasteiger partial charge in [0.25, 0.3) is 5.91 Å². The number of morpholine rings is 1. The number of imidazole rings is 1. The maximum atomic E-state index is 12.2. The third kappa shape index (κ3) is 3.68. The summed E-state index contributed by atoms with van der Waals surface area (Å²) in [5.74, 6) is 0.266. The van der Waals surface area contributed by atoms with E-state index >= 15 is 0 Å². The van der Waals surface area contributed by atoms with Gasteiger partial charge in [-0.05, 0) is 26.0 Å². The van der Waals surface area contributed by atoms with E-state index in [9.17, 15) is 4.79 Å². The minimum atomic E-state index is -0.254. The number of nitrogens with one attached hydrogen (secondary N) is 1. The Balaban J connectivity index is 1.64. The molecule has 3 rings (SSSR count). The average Bonchev–Trinajstić information content (AvgIpc) is 3.07. The summed E-state index contributed by atoms with van der Waals surface area (Å²) >= 11 is 0. The number of aromatic nitrogens is 3. The van der Waals surface area contributed by atoms with Crippen LogP contribution in [0.5, 0.6) is 0 Å². The van der Waals surface area contributed by atoms with Crippen molar-refractivity contribution >= 4 is 17.4 Å². The van der Waals surface area contributed by atoms with Crippen LogP contribution in [0, 0.1) is 0 Å².